The van der Waals surface area contributed by atoms with Crippen LogP contribution in [-0.2, 0) is 6.54 Å². The summed E-state index contributed by atoms with van der Waals surface area (Å²) in [5.74, 6) is 0.997. The molecule has 0 spiro atoms. The Kier molecular flexibility index (Phi) is 4.49. The van der Waals surface area contributed by atoms with E-state index in [1.165, 1.54) is 43.7 Å². The fraction of sp³-hybridized carbons (Fsp3) is 0.625. The van der Waals surface area contributed by atoms with Gasteiger partial charge in [0.15, 0.2) is 0 Å². The fourth-order valence-electron chi connectivity index (χ4n) is 3.03. The van der Waals surface area contributed by atoms with Gasteiger partial charge in [0.1, 0.15) is 0 Å². The van der Waals surface area contributed by atoms with Crippen LogP contribution in [0.3, 0.4) is 0 Å². The molecule has 20 heavy (non-hydrogen) atoms. The van der Waals surface area contributed by atoms with Gasteiger partial charge in [-0.2, -0.15) is 0 Å². The highest BCUT2D eigenvalue weighted by molar-refractivity contribution is 6.30. The standard InChI is InChI=1S/C16H24ClN3/c1-18-11-14-10-15(17)4-5-16(14)20-8-6-19(7-9-20)12-13-2-3-13/h4-5,10,13,18H,2-3,6-9,11-12H2,1H3. The van der Waals surface area contributed by atoms with Crippen molar-refractivity contribution >= 4 is 17.3 Å². The summed E-state index contributed by atoms with van der Waals surface area (Å²) < 4.78 is 0. The van der Waals surface area contributed by atoms with E-state index in [0.29, 0.717) is 0 Å². The molecule has 1 heterocycles. The molecule has 1 aromatic carbocycles. The first-order chi connectivity index (χ1) is 9.76. The van der Waals surface area contributed by atoms with Crippen LogP contribution in [0.15, 0.2) is 18.2 Å². The van der Waals surface area contributed by atoms with Crippen molar-refractivity contribution in [3.05, 3.63) is 28.8 Å². The zero-order valence-electron chi connectivity index (χ0n) is 12.2. The first kappa shape index (κ1) is 14.2. The number of anilines is 1. The van der Waals surface area contributed by atoms with Gasteiger partial charge in [0.05, 0.1) is 0 Å². The lowest BCUT2D eigenvalue weighted by atomic mass is 10.1. The Bertz CT molecular complexity index is 451. The second-order valence-corrected chi connectivity index (χ2v) is 6.47. The minimum atomic E-state index is 0.825. The molecule has 0 bridgehead atoms. The van der Waals surface area contributed by atoms with Gasteiger partial charge < -0.3 is 10.2 Å². The van der Waals surface area contributed by atoms with E-state index in [2.05, 4.69) is 27.2 Å². The molecule has 1 saturated carbocycles. The Morgan fingerprint density at radius 1 is 1.20 bits per heavy atom. The second-order valence-electron chi connectivity index (χ2n) is 6.03. The molecule has 2 fully saturated rings. The SMILES string of the molecule is CNCc1cc(Cl)ccc1N1CCN(CC2CC2)CC1. The van der Waals surface area contributed by atoms with Crippen LogP contribution in [0.4, 0.5) is 5.69 Å². The van der Waals surface area contributed by atoms with Gasteiger partial charge >= 0.3 is 0 Å². The summed E-state index contributed by atoms with van der Waals surface area (Å²) in [6, 6.07) is 6.27. The summed E-state index contributed by atoms with van der Waals surface area (Å²) in [7, 11) is 1.98. The molecule has 110 valence electrons. The number of halogens is 1. The largest absolute Gasteiger partial charge is 0.369 e. The highest BCUT2D eigenvalue weighted by Crippen LogP contribution is 2.31. The van der Waals surface area contributed by atoms with Crippen molar-refractivity contribution in [1.82, 2.24) is 10.2 Å². The van der Waals surface area contributed by atoms with Gasteiger partial charge in [-0.3, -0.25) is 4.90 Å². The van der Waals surface area contributed by atoms with Crippen molar-refractivity contribution in [3.63, 3.8) is 0 Å². The highest BCUT2D eigenvalue weighted by Gasteiger charge is 2.26. The molecule has 1 N–H and O–H groups in total. The van der Waals surface area contributed by atoms with Crippen LogP contribution in [0.1, 0.15) is 18.4 Å². The quantitative estimate of drug-likeness (QED) is 0.900. The molecule has 0 amide bonds. The van der Waals surface area contributed by atoms with Crippen LogP contribution in [0, 0.1) is 5.92 Å². The summed E-state index contributed by atoms with van der Waals surface area (Å²) in [6.45, 7) is 6.84. The molecular weight excluding hydrogens is 270 g/mol. The Morgan fingerprint density at radius 3 is 2.60 bits per heavy atom. The number of piperazine rings is 1. The van der Waals surface area contributed by atoms with Crippen molar-refractivity contribution in [2.75, 3.05) is 44.7 Å². The first-order valence-corrected chi connectivity index (χ1v) is 8.04. The number of nitrogens with one attached hydrogen (secondary N) is 1. The maximum absolute atomic E-state index is 6.12. The fourth-order valence-corrected chi connectivity index (χ4v) is 3.23. The molecule has 1 aliphatic carbocycles. The van der Waals surface area contributed by atoms with E-state index in [9.17, 15) is 0 Å². The van der Waals surface area contributed by atoms with Gasteiger partial charge in [0.25, 0.3) is 0 Å². The van der Waals surface area contributed by atoms with Crippen molar-refractivity contribution in [2.45, 2.75) is 19.4 Å². The third-order valence-electron chi connectivity index (χ3n) is 4.34. The number of rotatable bonds is 5. The average molecular weight is 294 g/mol. The summed E-state index contributed by atoms with van der Waals surface area (Å²) in [6.07, 6.45) is 2.90. The Labute approximate surface area is 126 Å². The molecule has 0 aromatic heterocycles. The predicted molar refractivity (Wildman–Crippen MR) is 85.6 cm³/mol. The highest BCUT2D eigenvalue weighted by atomic mass is 35.5. The average Bonchev–Trinajstić information content (AvgIpc) is 3.25. The molecule has 3 nitrogen and oxygen atoms in total. The second kappa shape index (κ2) is 6.33. The van der Waals surface area contributed by atoms with Crippen molar-refractivity contribution in [1.29, 1.82) is 0 Å². The van der Waals surface area contributed by atoms with E-state index in [4.69, 9.17) is 11.6 Å². The van der Waals surface area contributed by atoms with Crippen LogP contribution in [0.2, 0.25) is 5.02 Å². The maximum atomic E-state index is 6.12. The van der Waals surface area contributed by atoms with Gasteiger partial charge in [0, 0.05) is 50.0 Å². The van der Waals surface area contributed by atoms with Gasteiger partial charge in [-0.1, -0.05) is 11.6 Å². The van der Waals surface area contributed by atoms with Gasteiger partial charge in [-0.25, -0.2) is 0 Å². The Balaban J connectivity index is 1.64. The molecular formula is C16H24ClN3. The van der Waals surface area contributed by atoms with E-state index in [0.717, 1.165) is 30.6 Å². The molecule has 1 aliphatic heterocycles. The molecule has 1 aromatic rings. The van der Waals surface area contributed by atoms with E-state index in [-0.39, 0.29) is 0 Å². The summed E-state index contributed by atoms with van der Waals surface area (Å²) >= 11 is 6.12. The minimum absolute atomic E-state index is 0.825. The molecule has 0 radical (unpaired) electrons. The lowest BCUT2D eigenvalue weighted by molar-refractivity contribution is 0.248. The minimum Gasteiger partial charge on any atom is -0.369 e. The normalized spacial score (nSPS) is 20.4. The van der Waals surface area contributed by atoms with Crippen LogP contribution in [-0.4, -0.2) is 44.7 Å². The van der Waals surface area contributed by atoms with Crippen LogP contribution in [0.5, 0.6) is 0 Å². The number of hydrogen-bond donors (Lipinski definition) is 1. The van der Waals surface area contributed by atoms with E-state index in [1.807, 2.05) is 13.1 Å². The summed E-state index contributed by atoms with van der Waals surface area (Å²) in [4.78, 5) is 5.13. The first-order valence-electron chi connectivity index (χ1n) is 7.66. The molecule has 1 saturated heterocycles. The molecule has 3 rings (SSSR count). The summed E-state index contributed by atoms with van der Waals surface area (Å²) in [5.41, 5.74) is 2.64. The van der Waals surface area contributed by atoms with E-state index in [1.54, 1.807) is 0 Å². The van der Waals surface area contributed by atoms with E-state index < -0.39 is 0 Å². The zero-order chi connectivity index (χ0) is 13.9. The smallest absolute Gasteiger partial charge is 0.0413 e. The van der Waals surface area contributed by atoms with Gasteiger partial charge in [0.2, 0.25) is 0 Å². The third kappa shape index (κ3) is 3.46. The van der Waals surface area contributed by atoms with Crippen LogP contribution in [0.25, 0.3) is 0 Å². The molecule has 0 unspecified atom stereocenters. The molecule has 2 aliphatic rings. The lowest BCUT2D eigenvalue weighted by Crippen LogP contribution is -2.47. The summed E-state index contributed by atoms with van der Waals surface area (Å²) in [5, 5.41) is 4.06. The van der Waals surface area contributed by atoms with Gasteiger partial charge in [-0.15, -0.1) is 0 Å². The topological polar surface area (TPSA) is 18.5 Å². The monoisotopic (exact) mass is 293 g/mol. The maximum Gasteiger partial charge on any atom is 0.0413 e. The van der Waals surface area contributed by atoms with Crippen LogP contribution < -0.4 is 10.2 Å². The Hall–Kier alpha value is -0.770. The number of benzene rings is 1. The molecule has 4 heteroatoms. The van der Waals surface area contributed by atoms with Crippen molar-refractivity contribution in [2.24, 2.45) is 5.92 Å². The van der Waals surface area contributed by atoms with Crippen molar-refractivity contribution < 1.29 is 0 Å². The van der Waals surface area contributed by atoms with Gasteiger partial charge in [-0.05, 0) is 49.6 Å². The zero-order valence-corrected chi connectivity index (χ0v) is 13.0. The molecule has 0 atom stereocenters. The number of hydrogen-bond acceptors (Lipinski definition) is 3. The van der Waals surface area contributed by atoms with Crippen LogP contribution >= 0.6 is 11.6 Å². The predicted octanol–water partition coefficient (Wildman–Crippen LogP) is 2.59. The van der Waals surface area contributed by atoms with Crippen molar-refractivity contribution in [3.8, 4) is 0 Å². The number of nitrogens with zero attached hydrogens (tertiary/aromatic N) is 2. The Morgan fingerprint density at radius 2 is 1.95 bits per heavy atom. The van der Waals surface area contributed by atoms with E-state index >= 15 is 0 Å². The third-order valence-corrected chi connectivity index (χ3v) is 4.57. The lowest BCUT2D eigenvalue weighted by Gasteiger charge is -2.37.